The average molecular weight is 357 g/mol. The minimum absolute atomic E-state index is 0.117. The Balaban J connectivity index is 1.29. The number of fused-ring (bicyclic) bond motifs is 4. The van der Waals surface area contributed by atoms with E-state index in [1.54, 1.807) is 7.11 Å². The minimum atomic E-state index is 0.117. The van der Waals surface area contributed by atoms with Crippen LogP contribution in [-0.4, -0.2) is 61.6 Å². The summed E-state index contributed by atoms with van der Waals surface area (Å²) in [5.74, 6) is 2.63. The molecular formula is C21H31N3O2. The molecule has 26 heavy (non-hydrogen) atoms. The Bertz CT molecular complexity index is 631. The summed E-state index contributed by atoms with van der Waals surface area (Å²) < 4.78 is 5.36. The number of piperidine rings is 1. The van der Waals surface area contributed by atoms with Gasteiger partial charge in [-0.1, -0.05) is 18.2 Å². The van der Waals surface area contributed by atoms with Gasteiger partial charge in [0.1, 0.15) is 5.75 Å². The van der Waals surface area contributed by atoms with Crippen LogP contribution in [0.4, 0.5) is 0 Å². The van der Waals surface area contributed by atoms with Crippen LogP contribution in [0.25, 0.3) is 0 Å². The number of hydrogen-bond donors (Lipinski definition) is 1. The van der Waals surface area contributed by atoms with Crippen molar-refractivity contribution in [1.82, 2.24) is 15.1 Å². The number of nitrogens with zero attached hydrogens (tertiary/aromatic N) is 2. The molecule has 0 radical (unpaired) electrons. The summed E-state index contributed by atoms with van der Waals surface area (Å²) in [6.45, 7) is 5.68. The summed E-state index contributed by atoms with van der Waals surface area (Å²) in [5, 5.41) is 3.07. The molecule has 3 heterocycles. The lowest BCUT2D eigenvalue weighted by molar-refractivity contribution is -0.122. The maximum Gasteiger partial charge on any atom is 0.234 e. The van der Waals surface area contributed by atoms with Crippen molar-refractivity contribution >= 4 is 5.91 Å². The number of para-hydroxylation sites is 1. The first-order chi connectivity index (χ1) is 12.7. The molecule has 142 valence electrons. The summed E-state index contributed by atoms with van der Waals surface area (Å²) >= 11 is 0. The number of methoxy groups -OCH3 is 1. The second kappa shape index (κ2) is 7.97. The number of ether oxygens (including phenoxy) is 1. The molecule has 5 rings (SSSR count). The molecule has 4 aliphatic rings. The van der Waals surface area contributed by atoms with Crippen molar-refractivity contribution in [2.45, 2.75) is 38.3 Å². The normalized spacial score (nSPS) is 26.5. The number of hydrogen-bond acceptors (Lipinski definition) is 4. The lowest BCUT2D eigenvalue weighted by Crippen LogP contribution is -2.45. The van der Waals surface area contributed by atoms with E-state index in [1.807, 2.05) is 24.3 Å². The van der Waals surface area contributed by atoms with E-state index in [0.717, 1.165) is 36.2 Å². The average Bonchev–Trinajstić information content (AvgIpc) is 3.48. The van der Waals surface area contributed by atoms with Crippen LogP contribution in [0.15, 0.2) is 24.3 Å². The Morgan fingerprint density at radius 2 is 2.00 bits per heavy atom. The molecule has 5 nitrogen and oxygen atoms in total. The van der Waals surface area contributed by atoms with Crippen molar-refractivity contribution in [3.63, 3.8) is 0 Å². The number of nitrogens with one attached hydrogen (secondary N) is 1. The van der Waals surface area contributed by atoms with Crippen LogP contribution >= 0.6 is 0 Å². The fraction of sp³-hybridized carbons (Fsp3) is 0.667. The van der Waals surface area contributed by atoms with Gasteiger partial charge in [-0.2, -0.15) is 0 Å². The summed E-state index contributed by atoms with van der Waals surface area (Å²) in [7, 11) is 1.67. The molecule has 0 spiro atoms. The van der Waals surface area contributed by atoms with E-state index in [9.17, 15) is 4.79 Å². The van der Waals surface area contributed by atoms with E-state index < -0.39 is 0 Å². The topological polar surface area (TPSA) is 44.8 Å². The third-order valence-electron chi connectivity index (χ3n) is 6.13. The van der Waals surface area contributed by atoms with Crippen LogP contribution < -0.4 is 10.1 Å². The quantitative estimate of drug-likeness (QED) is 0.812. The molecule has 1 aliphatic carbocycles. The second-order valence-electron chi connectivity index (χ2n) is 8.28. The van der Waals surface area contributed by atoms with Gasteiger partial charge in [-0.05, 0) is 43.6 Å². The van der Waals surface area contributed by atoms with Crippen LogP contribution in [0.1, 0.15) is 31.2 Å². The fourth-order valence-electron chi connectivity index (χ4n) is 4.56. The summed E-state index contributed by atoms with van der Waals surface area (Å²) in [6.07, 6.45) is 5.47. The van der Waals surface area contributed by atoms with E-state index in [1.165, 1.54) is 38.8 Å². The van der Waals surface area contributed by atoms with Crippen molar-refractivity contribution in [3.8, 4) is 5.75 Å². The maximum atomic E-state index is 12.5. The largest absolute Gasteiger partial charge is 0.496 e. The van der Waals surface area contributed by atoms with Gasteiger partial charge in [0.05, 0.1) is 13.7 Å². The van der Waals surface area contributed by atoms with Crippen LogP contribution in [-0.2, 0) is 11.3 Å². The van der Waals surface area contributed by atoms with Crippen molar-refractivity contribution in [2.75, 3.05) is 39.8 Å². The highest BCUT2D eigenvalue weighted by atomic mass is 16.5. The van der Waals surface area contributed by atoms with Gasteiger partial charge in [-0.3, -0.25) is 14.6 Å². The fourth-order valence-corrected chi connectivity index (χ4v) is 4.56. The highest BCUT2D eigenvalue weighted by molar-refractivity contribution is 5.78. The van der Waals surface area contributed by atoms with E-state index in [-0.39, 0.29) is 5.91 Å². The van der Waals surface area contributed by atoms with Crippen LogP contribution in [0, 0.1) is 11.8 Å². The van der Waals surface area contributed by atoms with E-state index in [0.29, 0.717) is 19.1 Å². The van der Waals surface area contributed by atoms with Gasteiger partial charge >= 0.3 is 0 Å². The number of benzene rings is 1. The second-order valence-corrected chi connectivity index (χ2v) is 8.28. The molecule has 2 bridgehead atoms. The van der Waals surface area contributed by atoms with Gasteiger partial charge in [0, 0.05) is 44.3 Å². The molecule has 1 saturated carbocycles. The van der Waals surface area contributed by atoms with Crippen LogP contribution in [0.5, 0.6) is 5.75 Å². The zero-order chi connectivity index (χ0) is 17.9. The molecule has 1 aromatic carbocycles. The zero-order valence-corrected chi connectivity index (χ0v) is 15.8. The molecule has 0 aromatic heterocycles. The first kappa shape index (κ1) is 17.8. The molecule has 3 aliphatic heterocycles. The Morgan fingerprint density at radius 3 is 2.81 bits per heavy atom. The Kier molecular flexibility index (Phi) is 5.46. The Labute approximate surface area is 156 Å². The predicted octanol–water partition coefficient (Wildman–Crippen LogP) is 2.12. The SMILES string of the molecule is COc1ccccc1CNC(=O)CN1C[C@@H]2CC[C@H](C1)N(CC1CC1)C2. The summed E-state index contributed by atoms with van der Waals surface area (Å²) in [6, 6.07) is 8.51. The smallest absolute Gasteiger partial charge is 0.234 e. The highest BCUT2D eigenvalue weighted by Crippen LogP contribution is 2.34. The molecule has 4 fully saturated rings. The molecule has 0 unspecified atom stereocenters. The molecular weight excluding hydrogens is 326 g/mol. The molecule has 1 aromatic rings. The van der Waals surface area contributed by atoms with Gasteiger partial charge in [0.25, 0.3) is 0 Å². The third-order valence-corrected chi connectivity index (χ3v) is 6.13. The number of rotatable bonds is 7. The lowest BCUT2D eigenvalue weighted by atomic mass is 9.95. The van der Waals surface area contributed by atoms with E-state index in [4.69, 9.17) is 4.74 Å². The third kappa shape index (κ3) is 4.38. The van der Waals surface area contributed by atoms with Crippen molar-refractivity contribution in [1.29, 1.82) is 0 Å². The number of carbonyl (C=O) groups excluding carboxylic acids is 1. The van der Waals surface area contributed by atoms with Gasteiger partial charge in [-0.15, -0.1) is 0 Å². The van der Waals surface area contributed by atoms with Gasteiger partial charge in [0.2, 0.25) is 5.91 Å². The molecule has 3 saturated heterocycles. The minimum Gasteiger partial charge on any atom is -0.496 e. The standard InChI is InChI=1S/C21H31N3O2/c1-26-20-5-3-2-4-18(20)10-22-21(25)15-23-11-17-8-9-19(14-23)24(13-17)12-16-6-7-16/h2-5,16-17,19H,6-15H2,1H3,(H,22,25)/t17-,19+/m0/s1. The first-order valence-electron chi connectivity index (χ1n) is 10.1. The number of carbonyl (C=O) groups is 1. The van der Waals surface area contributed by atoms with Crippen molar-refractivity contribution in [2.24, 2.45) is 11.8 Å². The lowest BCUT2D eigenvalue weighted by Gasteiger charge is -2.36. The monoisotopic (exact) mass is 357 g/mol. The van der Waals surface area contributed by atoms with Gasteiger partial charge < -0.3 is 10.1 Å². The molecule has 1 amide bonds. The van der Waals surface area contributed by atoms with Crippen molar-refractivity contribution in [3.05, 3.63) is 29.8 Å². The predicted molar refractivity (Wildman–Crippen MR) is 102 cm³/mol. The van der Waals surface area contributed by atoms with Crippen LogP contribution in [0.2, 0.25) is 0 Å². The molecule has 5 heteroatoms. The molecule has 1 N–H and O–H groups in total. The Hall–Kier alpha value is -1.59. The maximum absolute atomic E-state index is 12.5. The van der Waals surface area contributed by atoms with Crippen LogP contribution in [0.3, 0.4) is 0 Å². The van der Waals surface area contributed by atoms with E-state index >= 15 is 0 Å². The molecule has 2 atom stereocenters. The summed E-state index contributed by atoms with van der Waals surface area (Å²) in [4.78, 5) is 17.6. The van der Waals surface area contributed by atoms with Crippen molar-refractivity contribution < 1.29 is 9.53 Å². The van der Waals surface area contributed by atoms with Gasteiger partial charge in [-0.25, -0.2) is 0 Å². The van der Waals surface area contributed by atoms with Gasteiger partial charge in [0.15, 0.2) is 0 Å². The summed E-state index contributed by atoms with van der Waals surface area (Å²) in [5.41, 5.74) is 1.02. The first-order valence-corrected chi connectivity index (χ1v) is 10.1. The van der Waals surface area contributed by atoms with E-state index in [2.05, 4.69) is 15.1 Å². The zero-order valence-electron chi connectivity index (χ0n) is 15.8. The highest BCUT2D eigenvalue weighted by Gasteiger charge is 2.37. The Morgan fingerprint density at radius 1 is 1.15 bits per heavy atom. The number of amides is 1.